The number of hydrogen-bond donors (Lipinski definition) is 2. The number of sulfonamides is 1. The van der Waals surface area contributed by atoms with Crippen molar-refractivity contribution in [2.45, 2.75) is 51.1 Å². The van der Waals surface area contributed by atoms with Gasteiger partial charge >= 0.3 is 0 Å². The van der Waals surface area contributed by atoms with Gasteiger partial charge in [-0.05, 0) is 26.3 Å². The monoisotopic (exact) mass is 273 g/mol. The van der Waals surface area contributed by atoms with Gasteiger partial charge < -0.3 is 10.3 Å². The molecule has 0 aliphatic heterocycles. The Balaban J connectivity index is 2.95. The summed E-state index contributed by atoms with van der Waals surface area (Å²) in [5, 5.41) is 0. The number of hydrogen-bond acceptors (Lipinski definition) is 3. The Labute approximate surface area is 109 Å². The van der Waals surface area contributed by atoms with Crippen LogP contribution in [0.25, 0.3) is 0 Å². The second-order valence-corrected chi connectivity index (χ2v) is 6.39. The molecule has 1 aromatic rings. The molecule has 5 nitrogen and oxygen atoms in total. The molecule has 104 valence electrons. The van der Waals surface area contributed by atoms with Gasteiger partial charge in [-0.25, -0.2) is 13.1 Å². The smallest absolute Gasteiger partial charge is 0.242 e. The van der Waals surface area contributed by atoms with E-state index in [-0.39, 0.29) is 6.04 Å². The molecule has 1 aromatic heterocycles. The van der Waals surface area contributed by atoms with E-state index in [1.807, 2.05) is 25.3 Å². The van der Waals surface area contributed by atoms with Gasteiger partial charge in [0.1, 0.15) is 0 Å². The lowest BCUT2D eigenvalue weighted by Gasteiger charge is -2.10. The van der Waals surface area contributed by atoms with Gasteiger partial charge in [-0.3, -0.25) is 0 Å². The topological polar surface area (TPSA) is 77.1 Å². The minimum Gasteiger partial charge on any atom is -0.346 e. The Morgan fingerprint density at radius 2 is 2.11 bits per heavy atom. The lowest BCUT2D eigenvalue weighted by atomic mass is 10.3. The summed E-state index contributed by atoms with van der Waals surface area (Å²) < 4.78 is 28.6. The summed E-state index contributed by atoms with van der Waals surface area (Å²) in [5.74, 6) is 0. The minimum atomic E-state index is -3.40. The summed E-state index contributed by atoms with van der Waals surface area (Å²) >= 11 is 0. The maximum atomic E-state index is 12.0. The summed E-state index contributed by atoms with van der Waals surface area (Å²) in [6.07, 6.45) is 3.46. The summed E-state index contributed by atoms with van der Waals surface area (Å²) in [6.45, 7) is 6.84. The van der Waals surface area contributed by atoms with Crippen LogP contribution in [0, 0.1) is 0 Å². The molecule has 3 N–H and O–H groups in total. The first kappa shape index (κ1) is 15.2. The molecule has 0 spiro atoms. The van der Waals surface area contributed by atoms with Crippen LogP contribution >= 0.6 is 0 Å². The molecule has 0 bridgehead atoms. The van der Waals surface area contributed by atoms with E-state index in [2.05, 4.69) is 4.72 Å². The zero-order valence-electron chi connectivity index (χ0n) is 11.3. The van der Waals surface area contributed by atoms with Crippen molar-refractivity contribution in [3.8, 4) is 0 Å². The highest BCUT2D eigenvalue weighted by Crippen LogP contribution is 2.18. The number of unbranched alkanes of at least 4 members (excludes halogenated alkanes) is 1. The van der Waals surface area contributed by atoms with E-state index >= 15 is 0 Å². The highest BCUT2D eigenvalue weighted by molar-refractivity contribution is 7.89. The van der Waals surface area contributed by atoms with Crippen LogP contribution in [0.1, 0.15) is 45.3 Å². The summed E-state index contributed by atoms with van der Waals surface area (Å²) in [5.41, 5.74) is 6.46. The van der Waals surface area contributed by atoms with E-state index in [1.165, 1.54) is 0 Å². The van der Waals surface area contributed by atoms with Crippen LogP contribution in [0.4, 0.5) is 0 Å². The predicted octanol–water partition coefficient (Wildman–Crippen LogP) is 1.61. The van der Waals surface area contributed by atoms with Gasteiger partial charge in [0.2, 0.25) is 10.0 Å². The second kappa shape index (κ2) is 6.36. The number of nitrogens with two attached hydrogens (primary N) is 1. The fourth-order valence-corrected chi connectivity index (χ4v) is 2.88. The van der Waals surface area contributed by atoms with Gasteiger partial charge in [-0.2, -0.15) is 0 Å². The van der Waals surface area contributed by atoms with Gasteiger partial charge in [0.15, 0.2) is 0 Å². The quantitative estimate of drug-likeness (QED) is 0.741. The van der Waals surface area contributed by atoms with E-state index in [1.54, 1.807) is 12.3 Å². The van der Waals surface area contributed by atoms with Crippen molar-refractivity contribution in [3.05, 3.63) is 18.0 Å². The van der Waals surface area contributed by atoms with Crippen LogP contribution in [0.5, 0.6) is 0 Å². The average Bonchev–Trinajstić information content (AvgIpc) is 2.74. The third kappa shape index (κ3) is 3.57. The summed E-state index contributed by atoms with van der Waals surface area (Å²) in [7, 11) is -3.40. The summed E-state index contributed by atoms with van der Waals surface area (Å²) in [6, 6.07) is 1.84. The zero-order chi connectivity index (χ0) is 13.8. The van der Waals surface area contributed by atoms with Crippen LogP contribution in [0.15, 0.2) is 17.2 Å². The molecule has 0 aromatic carbocycles. The SMILES string of the molecule is CCCCNS(=O)(=O)c1cc(CN)n(C(C)C)c1. The number of nitrogens with zero attached hydrogens (tertiary/aromatic N) is 1. The van der Waals surface area contributed by atoms with Crippen LogP contribution < -0.4 is 10.5 Å². The first-order valence-corrected chi connectivity index (χ1v) is 7.81. The van der Waals surface area contributed by atoms with E-state index in [0.29, 0.717) is 18.0 Å². The van der Waals surface area contributed by atoms with Crippen molar-refractivity contribution in [2.24, 2.45) is 5.73 Å². The highest BCUT2D eigenvalue weighted by atomic mass is 32.2. The van der Waals surface area contributed by atoms with E-state index in [4.69, 9.17) is 5.73 Å². The molecule has 0 unspecified atom stereocenters. The van der Waals surface area contributed by atoms with Gasteiger partial charge in [-0.1, -0.05) is 13.3 Å². The van der Waals surface area contributed by atoms with Crippen molar-refractivity contribution < 1.29 is 8.42 Å². The van der Waals surface area contributed by atoms with Crippen molar-refractivity contribution >= 4 is 10.0 Å². The largest absolute Gasteiger partial charge is 0.346 e. The van der Waals surface area contributed by atoms with Gasteiger partial charge in [-0.15, -0.1) is 0 Å². The Morgan fingerprint density at radius 1 is 1.44 bits per heavy atom. The van der Waals surface area contributed by atoms with Gasteiger partial charge in [0, 0.05) is 31.0 Å². The predicted molar refractivity (Wildman–Crippen MR) is 72.8 cm³/mol. The average molecular weight is 273 g/mol. The van der Waals surface area contributed by atoms with Crippen LogP contribution in [0.3, 0.4) is 0 Å². The molecule has 0 radical (unpaired) electrons. The Kier molecular flexibility index (Phi) is 5.37. The molecule has 18 heavy (non-hydrogen) atoms. The highest BCUT2D eigenvalue weighted by Gasteiger charge is 2.18. The molecule has 1 heterocycles. The molecule has 0 saturated carbocycles. The lowest BCUT2D eigenvalue weighted by Crippen LogP contribution is -2.24. The maximum absolute atomic E-state index is 12.0. The third-order valence-corrected chi connectivity index (χ3v) is 4.23. The molecular formula is C12H23N3O2S. The molecule has 0 aliphatic carbocycles. The lowest BCUT2D eigenvalue weighted by molar-refractivity contribution is 0.568. The molecule has 0 amide bonds. The number of nitrogens with one attached hydrogen (secondary N) is 1. The first-order chi connectivity index (χ1) is 8.42. The molecular weight excluding hydrogens is 250 g/mol. The normalized spacial score (nSPS) is 12.3. The van der Waals surface area contributed by atoms with Crippen LogP contribution in [-0.4, -0.2) is 19.5 Å². The van der Waals surface area contributed by atoms with Crippen molar-refractivity contribution in [2.75, 3.05) is 6.54 Å². The zero-order valence-corrected chi connectivity index (χ0v) is 12.1. The van der Waals surface area contributed by atoms with Crippen LogP contribution in [-0.2, 0) is 16.6 Å². The number of aromatic nitrogens is 1. The summed E-state index contributed by atoms with van der Waals surface area (Å²) in [4.78, 5) is 0.299. The standard InChI is InChI=1S/C12H23N3O2S/c1-4-5-6-14-18(16,17)12-7-11(8-13)15(9-12)10(2)3/h7,9-10,14H,4-6,8,13H2,1-3H3. The van der Waals surface area contributed by atoms with E-state index in [9.17, 15) is 8.42 Å². The van der Waals surface area contributed by atoms with Crippen molar-refractivity contribution in [1.29, 1.82) is 0 Å². The third-order valence-electron chi connectivity index (χ3n) is 2.81. The number of rotatable bonds is 7. The molecule has 0 atom stereocenters. The van der Waals surface area contributed by atoms with Crippen LogP contribution in [0.2, 0.25) is 0 Å². The molecule has 0 saturated heterocycles. The van der Waals surface area contributed by atoms with E-state index in [0.717, 1.165) is 18.5 Å². The fourth-order valence-electron chi connectivity index (χ4n) is 1.75. The Bertz CT molecular complexity index is 478. The fraction of sp³-hybridized carbons (Fsp3) is 0.667. The maximum Gasteiger partial charge on any atom is 0.242 e. The minimum absolute atomic E-state index is 0.197. The van der Waals surface area contributed by atoms with Crippen molar-refractivity contribution in [1.82, 2.24) is 9.29 Å². The molecule has 0 aliphatic rings. The first-order valence-electron chi connectivity index (χ1n) is 6.32. The molecule has 6 heteroatoms. The second-order valence-electron chi connectivity index (χ2n) is 4.62. The van der Waals surface area contributed by atoms with Gasteiger partial charge in [0.25, 0.3) is 0 Å². The van der Waals surface area contributed by atoms with E-state index < -0.39 is 10.0 Å². The van der Waals surface area contributed by atoms with Gasteiger partial charge in [0.05, 0.1) is 4.90 Å². The Morgan fingerprint density at radius 3 is 2.56 bits per heavy atom. The Hall–Kier alpha value is -0.850. The molecule has 1 rings (SSSR count). The van der Waals surface area contributed by atoms with Crippen molar-refractivity contribution in [3.63, 3.8) is 0 Å². The molecule has 0 fully saturated rings.